The Labute approximate surface area is 185 Å². The minimum Gasteiger partial charge on any atom is -0.459 e. The zero-order valence-corrected chi connectivity index (χ0v) is 19.0. The van der Waals surface area contributed by atoms with Gasteiger partial charge in [-0.25, -0.2) is 14.0 Å². The Balaban J connectivity index is 1.59. The molecule has 2 aromatic rings. The molecule has 0 amide bonds. The highest BCUT2D eigenvalue weighted by atomic mass is 28.2. The van der Waals surface area contributed by atoms with Crippen molar-refractivity contribution in [3.05, 3.63) is 65.0 Å². The van der Waals surface area contributed by atoms with Crippen molar-refractivity contribution in [2.24, 2.45) is 0 Å². The van der Waals surface area contributed by atoms with Gasteiger partial charge in [-0.1, -0.05) is 18.5 Å². The quantitative estimate of drug-likeness (QED) is 0.241. The van der Waals surface area contributed by atoms with Crippen molar-refractivity contribution < 1.29 is 36.6 Å². The van der Waals surface area contributed by atoms with E-state index in [9.17, 15) is 27.2 Å². The summed E-state index contributed by atoms with van der Waals surface area (Å²) in [5, 5.41) is 0. The van der Waals surface area contributed by atoms with E-state index in [-0.39, 0.29) is 26.9 Å². The second kappa shape index (κ2) is 10.3. The average molecular weight is 469 g/mol. The van der Waals surface area contributed by atoms with E-state index < -0.39 is 35.1 Å². The molecule has 2 aromatic carbocycles. The monoisotopic (exact) mass is 468 g/mol. The third kappa shape index (κ3) is 6.18. The first kappa shape index (κ1) is 24.0. The van der Waals surface area contributed by atoms with Crippen LogP contribution in [0.15, 0.2) is 42.5 Å². The molecule has 0 heterocycles. The van der Waals surface area contributed by atoms with E-state index >= 15 is 0 Å². The number of hydrogen-bond acceptors (Lipinski definition) is 4. The summed E-state index contributed by atoms with van der Waals surface area (Å²) < 4.78 is 62.7. The smallest absolute Gasteiger partial charge is 0.416 e. The number of carbonyl (C=O) groups is 2. The van der Waals surface area contributed by atoms with Crippen molar-refractivity contribution in [1.82, 2.24) is 0 Å². The predicted octanol–water partition coefficient (Wildman–Crippen LogP) is 5.56. The molecule has 0 aromatic heterocycles. The minimum absolute atomic E-state index is 0.0152. The van der Waals surface area contributed by atoms with Crippen molar-refractivity contribution in [2.45, 2.75) is 56.5 Å². The number of benzene rings is 2. The van der Waals surface area contributed by atoms with Gasteiger partial charge in [-0.05, 0) is 68.1 Å². The summed E-state index contributed by atoms with van der Waals surface area (Å²) in [6.07, 6.45) is -0.970. The van der Waals surface area contributed by atoms with Gasteiger partial charge in [0.05, 0.1) is 16.7 Å². The van der Waals surface area contributed by atoms with E-state index in [0.29, 0.717) is 0 Å². The maximum Gasteiger partial charge on any atom is 0.416 e. The summed E-state index contributed by atoms with van der Waals surface area (Å²) in [6.45, 7) is 2.20. The van der Waals surface area contributed by atoms with E-state index in [4.69, 9.17) is 9.47 Å². The summed E-state index contributed by atoms with van der Waals surface area (Å²) >= 11 is 0. The van der Waals surface area contributed by atoms with Gasteiger partial charge in [0.25, 0.3) is 0 Å². The molecule has 4 nitrogen and oxygen atoms in total. The fourth-order valence-electron chi connectivity index (χ4n) is 3.85. The summed E-state index contributed by atoms with van der Waals surface area (Å²) in [4.78, 5) is 24.6. The zero-order chi connectivity index (χ0) is 23.3. The number of hydrogen-bond donors (Lipinski definition) is 0. The van der Waals surface area contributed by atoms with Crippen LogP contribution in [-0.4, -0.2) is 27.6 Å². The Kier molecular flexibility index (Phi) is 7.71. The van der Waals surface area contributed by atoms with E-state index in [1.165, 1.54) is 12.1 Å². The molecule has 32 heavy (non-hydrogen) atoms. The third-order valence-corrected chi connectivity index (χ3v) is 7.79. The molecule has 0 saturated heterocycles. The van der Waals surface area contributed by atoms with E-state index in [1.54, 1.807) is 0 Å². The Morgan fingerprint density at radius 1 is 1.00 bits per heavy atom. The standard InChI is InChI=1S/C23H24F4O4Si/c1-2-32-18-10-8-17(9-11-18)30-21(28)14-3-12-19(20(24)13-14)22(29)31-16-6-4-15(5-7-16)23(25,26)27/h3-7,12-13,17-18H,2,8-11,32H2,1H3/t17-,18-. The van der Waals surface area contributed by atoms with E-state index in [0.717, 1.165) is 67.6 Å². The first-order valence-corrected chi connectivity index (χ1v) is 12.4. The van der Waals surface area contributed by atoms with Crippen molar-refractivity contribution in [1.29, 1.82) is 0 Å². The van der Waals surface area contributed by atoms with Crippen LogP contribution in [0.25, 0.3) is 0 Å². The van der Waals surface area contributed by atoms with Crippen LogP contribution in [0, 0.1) is 5.82 Å². The maximum absolute atomic E-state index is 14.4. The number of alkyl halides is 3. The molecule has 1 aliphatic rings. The van der Waals surface area contributed by atoms with Crippen molar-refractivity contribution in [3.8, 4) is 5.75 Å². The van der Waals surface area contributed by atoms with Crippen LogP contribution >= 0.6 is 0 Å². The zero-order valence-electron chi connectivity index (χ0n) is 17.6. The number of carbonyl (C=O) groups excluding carboxylic acids is 2. The van der Waals surface area contributed by atoms with Gasteiger partial charge < -0.3 is 9.47 Å². The first-order valence-electron chi connectivity index (χ1n) is 10.6. The summed E-state index contributed by atoms with van der Waals surface area (Å²) in [6, 6.07) is 8.01. The van der Waals surface area contributed by atoms with Gasteiger partial charge in [0.15, 0.2) is 0 Å². The lowest BCUT2D eigenvalue weighted by molar-refractivity contribution is -0.137. The van der Waals surface area contributed by atoms with Crippen LogP contribution in [0.5, 0.6) is 5.75 Å². The lowest BCUT2D eigenvalue weighted by atomic mass is 9.97. The molecule has 0 aliphatic heterocycles. The number of rotatable bonds is 6. The molecule has 1 aliphatic carbocycles. The summed E-state index contributed by atoms with van der Waals surface area (Å²) in [5.41, 5.74) is -0.556. The third-order valence-electron chi connectivity index (χ3n) is 5.58. The lowest BCUT2D eigenvalue weighted by Crippen LogP contribution is -2.24. The molecule has 3 rings (SSSR count). The highest BCUT2D eigenvalue weighted by molar-refractivity contribution is 6.37. The van der Waals surface area contributed by atoms with Gasteiger partial charge in [-0.15, -0.1) is 0 Å². The molecular weight excluding hydrogens is 444 g/mol. The first-order chi connectivity index (χ1) is 15.2. The van der Waals surface area contributed by atoms with Crippen LogP contribution in [0.4, 0.5) is 17.6 Å². The molecule has 0 unspecified atom stereocenters. The fraction of sp³-hybridized carbons (Fsp3) is 0.391. The number of esters is 2. The number of halogens is 4. The Hall–Kier alpha value is -2.68. The van der Waals surface area contributed by atoms with Gasteiger partial charge in [-0.2, -0.15) is 13.2 Å². The second-order valence-corrected chi connectivity index (χ2v) is 10.7. The molecule has 172 valence electrons. The highest BCUT2D eigenvalue weighted by Gasteiger charge is 2.30. The Morgan fingerprint density at radius 2 is 1.66 bits per heavy atom. The van der Waals surface area contributed by atoms with Gasteiger partial charge in [0, 0.05) is 9.52 Å². The van der Waals surface area contributed by atoms with Gasteiger partial charge >= 0.3 is 18.1 Å². The topological polar surface area (TPSA) is 52.6 Å². The van der Waals surface area contributed by atoms with Gasteiger partial charge in [0.1, 0.15) is 17.7 Å². The molecular formula is C23H24F4O4Si. The van der Waals surface area contributed by atoms with Crippen molar-refractivity contribution >= 4 is 21.5 Å². The average Bonchev–Trinajstić information content (AvgIpc) is 2.75. The molecule has 0 N–H and O–H groups in total. The molecule has 0 atom stereocenters. The van der Waals surface area contributed by atoms with E-state index in [2.05, 4.69) is 6.92 Å². The summed E-state index contributed by atoms with van der Waals surface area (Å²) in [7, 11) is -0.0565. The minimum atomic E-state index is -4.52. The van der Waals surface area contributed by atoms with Crippen LogP contribution in [0.1, 0.15) is 58.9 Å². The lowest BCUT2D eigenvalue weighted by Gasteiger charge is -2.27. The normalized spacial score (nSPS) is 19.2. The maximum atomic E-state index is 14.4. The molecule has 1 fully saturated rings. The molecule has 0 bridgehead atoms. The molecule has 1 saturated carbocycles. The van der Waals surface area contributed by atoms with Gasteiger partial charge in [0.2, 0.25) is 0 Å². The Bertz CT molecular complexity index is 951. The van der Waals surface area contributed by atoms with Crippen molar-refractivity contribution in [2.75, 3.05) is 0 Å². The second-order valence-electron chi connectivity index (χ2n) is 7.94. The van der Waals surface area contributed by atoms with E-state index in [1.807, 2.05) is 0 Å². The van der Waals surface area contributed by atoms with Gasteiger partial charge in [-0.3, -0.25) is 0 Å². The van der Waals surface area contributed by atoms with Crippen LogP contribution in [0.2, 0.25) is 11.6 Å². The Morgan fingerprint density at radius 3 is 2.22 bits per heavy atom. The van der Waals surface area contributed by atoms with Crippen LogP contribution in [0.3, 0.4) is 0 Å². The molecule has 0 spiro atoms. The summed E-state index contributed by atoms with van der Waals surface area (Å²) in [5.74, 6) is -2.87. The fourth-order valence-corrected chi connectivity index (χ4v) is 5.71. The number of ether oxygens (including phenoxy) is 2. The SMILES string of the molecule is CC[SiH2][C@H]1CC[C@H](OC(=O)c2ccc(C(=O)Oc3ccc(C(F)(F)F)cc3)c(F)c2)CC1. The molecule has 9 heteroatoms. The van der Waals surface area contributed by atoms with Crippen molar-refractivity contribution in [3.63, 3.8) is 0 Å². The van der Waals surface area contributed by atoms with Crippen LogP contribution < -0.4 is 4.74 Å². The predicted molar refractivity (Wildman–Crippen MR) is 113 cm³/mol. The molecule has 0 radical (unpaired) electrons. The largest absolute Gasteiger partial charge is 0.459 e. The highest BCUT2D eigenvalue weighted by Crippen LogP contribution is 2.32. The van der Waals surface area contributed by atoms with Crippen LogP contribution in [-0.2, 0) is 10.9 Å².